The van der Waals surface area contributed by atoms with Crippen molar-refractivity contribution in [2.75, 3.05) is 11.5 Å². The number of pyridine rings is 1. The number of hydrogen-bond donors (Lipinski definition) is 1. The number of carbonyl (C=O) groups is 2. The van der Waals surface area contributed by atoms with Gasteiger partial charge in [-0.05, 0) is 55.5 Å². The molecule has 4 rings (SSSR count). The Labute approximate surface area is 198 Å². The van der Waals surface area contributed by atoms with E-state index in [1.165, 1.54) is 24.4 Å². The molecule has 2 aromatic carbocycles. The van der Waals surface area contributed by atoms with Crippen LogP contribution in [0.4, 0.5) is 18.9 Å². The van der Waals surface area contributed by atoms with Gasteiger partial charge < -0.3 is 14.6 Å². The number of ether oxygens (including phenoxy) is 2. The minimum Gasteiger partial charge on any atom is -0.507 e. The van der Waals surface area contributed by atoms with Crippen molar-refractivity contribution in [2.45, 2.75) is 19.3 Å². The number of carbonyl (C=O) groups excluding carboxylic acids is 2. The number of halogens is 3. The molecule has 180 valence electrons. The molecule has 1 aliphatic heterocycles. The molecule has 0 saturated carbocycles. The molecule has 10 heteroatoms. The van der Waals surface area contributed by atoms with Crippen LogP contribution in [0.2, 0.25) is 0 Å². The number of alkyl halides is 3. The Balaban J connectivity index is 1.83. The summed E-state index contributed by atoms with van der Waals surface area (Å²) in [6, 6.07) is 14.7. The molecule has 1 atom stereocenters. The van der Waals surface area contributed by atoms with Gasteiger partial charge in [0.15, 0.2) is 0 Å². The van der Waals surface area contributed by atoms with Crippen LogP contribution < -0.4 is 14.4 Å². The van der Waals surface area contributed by atoms with Gasteiger partial charge in [-0.1, -0.05) is 18.2 Å². The fraction of sp³-hybridized carbons (Fsp3) is 0.160. The lowest BCUT2D eigenvalue weighted by Crippen LogP contribution is -2.29. The molecule has 1 N–H and O–H groups in total. The lowest BCUT2D eigenvalue weighted by atomic mass is 9.98. The number of rotatable bonds is 6. The fourth-order valence-corrected chi connectivity index (χ4v) is 3.78. The van der Waals surface area contributed by atoms with Crippen LogP contribution in [0.25, 0.3) is 5.76 Å². The third kappa shape index (κ3) is 4.96. The Morgan fingerprint density at radius 3 is 2.40 bits per heavy atom. The summed E-state index contributed by atoms with van der Waals surface area (Å²) in [4.78, 5) is 31.5. The molecule has 2 heterocycles. The second-order valence-corrected chi connectivity index (χ2v) is 7.43. The Morgan fingerprint density at radius 2 is 1.77 bits per heavy atom. The van der Waals surface area contributed by atoms with E-state index in [-0.39, 0.29) is 22.5 Å². The van der Waals surface area contributed by atoms with Gasteiger partial charge in [0, 0.05) is 17.4 Å². The van der Waals surface area contributed by atoms with Gasteiger partial charge in [-0.15, -0.1) is 13.2 Å². The maximum Gasteiger partial charge on any atom is 0.573 e. The first-order valence-electron chi connectivity index (χ1n) is 10.5. The normalized spacial score (nSPS) is 17.5. The first-order valence-corrected chi connectivity index (χ1v) is 10.5. The van der Waals surface area contributed by atoms with Crippen molar-refractivity contribution in [2.24, 2.45) is 0 Å². The van der Waals surface area contributed by atoms with E-state index in [0.29, 0.717) is 12.4 Å². The zero-order valence-electron chi connectivity index (χ0n) is 18.3. The topological polar surface area (TPSA) is 89.0 Å². The van der Waals surface area contributed by atoms with Crippen molar-refractivity contribution in [1.82, 2.24) is 4.98 Å². The number of benzene rings is 2. The van der Waals surface area contributed by atoms with E-state index in [9.17, 15) is 27.9 Å². The molecule has 1 aromatic heterocycles. The maximum absolute atomic E-state index is 13.1. The van der Waals surface area contributed by atoms with E-state index in [2.05, 4.69) is 9.72 Å². The number of ketones is 1. The van der Waals surface area contributed by atoms with E-state index in [1.54, 1.807) is 43.3 Å². The average Bonchev–Trinajstić information content (AvgIpc) is 3.09. The Kier molecular flexibility index (Phi) is 6.46. The van der Waals surface area contributed by atoms with Crippen LogP contribution in [0.1, 0.15) is 24.2 Å². The van der Waals surface area contributed by atoms with Crippen LogP contribution in [0, 0.1) is 0 Å². The molecule has 0 aliphatic carbocycles. The van der Waals surface area contributed by atoms with Crippen LogP contribution in [0.5, 0.6) is 11.5 Å². The quantitative estimate of drug-likeness (QED) is 0.301. The number of aliphatic hydroxyl groups is 1. The van der Waals surface area contributed by atoms with E-state index < -0.39 is 35.6 Å². The standard InChI is InChI=1S/C25H19F3N2O5/c1-2-34-18-7-5-6-15(14-18)22(31)20-21(19-8-3-4-13-29-19)30(24(33)23(20)32)16-9-11-17(12-10-16)35-25(26,27)28/h3-14,21,31H,2H2,1H3/b22-20-. The van der Waals surface area contributed by atoms with Crippen LogP contribution >= 0.6 is 0 Å². The zero-order valence-corrected chi connectivity index (χ0v) is 18.3. The molecule has 1 amide bonds. The van der Waals surface area contributed by atoms with Gasteiger partial charge >= 0.3 is 6.36 Å². The summed E-state index contributed by atoms with van der Waals surface area (Å²) in [5.74, 6) is -2.39. The van der Waals surface area contributed by atoms with Gasteiger partial charge in [-0.3, -0.25) is 19.5 Å². The molecule has 0 bridgehead atoms. The van der Waals surface area contributed by atoms with Crippen molar-refractivity contribution in [3.05, 3.63) is 89.8 Å². The van der Waals surface area contributed by atoms with Crippen LogP contribution in [0.3, 0.4) is 0 Å². The monoisotopic (exact) mass is 484 g/mol. The van der Waals surface area contributed by atoms with Gasteiger partial charge in [-0.2, -0.15) is 0 Å². The molecule has 1 aliphatic rings. The number of amides is 1. The molecule has 7 nitrogen and oxygen atoms in total. The van der Waals surface area contributed by atoms with E-state index >= 15 is 0 Å². The minimum atomic E-state index is -4.88. The molecular weight excluding hydrogens is 465 g/mol. The molecule has 1 unspecified atom stereocenters. The van der Waals surface area contributed by atoms with Crippen molar-refractivity contribution in [3.8, 4) is 11.5 Å². The zero-order chi connectivity index (χ0) is 25.2. The summed E-state index contributed by atoms with van der Waals surface area (Å²) < 4.78 is 46.9. The molecule has 1 saturated heterocycles. The van der Waals surface area contributed by atoms with E-state index in [1.807, 2.05) is 0 Å². The summed E-state index contributed by atoms with van der Waals surface area (Å²) >= 11 is 0. The Bertz CT molecular complexity index is 1270. The third-order valence-corrected chi connectivity index (χ3v) is 5.18. The third-order valence-electron chi connectivity index (χ3n) is 5.18. The lowest BCUT2D eigenvalue weighted by Gasteiger charge is -2.24. The molecule has 0 radical (unpaired) electrons. The number of aromatic nitrogens is 1. The minimum absolute atomic E-state index is 0.124. The molecule has 3 aromatic rings. The first-order chi connectivity index (χ1) is 16.7. The molecular formula is C25H19F3N2O5. The molecule has 0 spiro atoms. The van der Waals surface area contributed by atoms with Gasteiger partial charge in [0.05, 0.1) is 17.9 Å². The van der Waals surface area contributed by atoms with Crippen molar-refractivity contribution in [3.63, 3.8) is 0 Å². The lowest BCUT2D eigenvalue weighted by molar-refractivity contribution is -0.274. The highest BCUT2D eigenvalue weighted by Gasteiger charge is 2.47. The van der Waals surface area contributed by atoms with Crippen LogP contribution in [0.15, 0.2) is 78.5 Å². The highest BCUT2D eigenvalue weighted by atomic mass is 19.4. The van der Waals surface area contributed by atoms with E-state index in [0.717, 1.165) is 17.0 Å². The summed E-state index contributed by atoms with van der Waals surface area (Å²) in [7, 11) is 0. The first kappa shape index (κ1) is 23.8. The van der Waals surface area contributed by atoms with Crippen molar-refractivity contribution >= 4 is 23.1 Å². The Hall–Kier alpha value is -4.34. The number of aliphatic hydroxyl groups excluding tert-OH is 1. The number of nitrogens with zero attached hydrogens (tertiary/aromatic N) is 2. The summed E-state index contributed by atoms with van der Waals surface area (Å²) in [6.45, 7) is 2.18. The second kappa shape index (κ2) is 9.49. The van der Waals surface area contributed by atoms with Crippen molar-refractivity contribution < 1.29 is 37.3 Å². The Morgan fingerprint density at radius 1 is 1.03 bits per heavy atom. The van der Waals surface area contributed by atoms with E-state index in [4.69, 9.17) is 4.74 Å². The SMILES string of the molecule is CCOc1cccc(/C(O)=C2/C(=O)C(=O)N(c3ccc(OC(F)(F)F)cc3)C2c2ccccn2)c1. The highest BCUT2D eigenvalue weighted by Crippen LogP contribution is 2.42. The number of anilines is 1. The van der Waals surface area contributed by atoms with Crippen LogP contribution in [-0.4, -0.2) is 34.8 Å². The molecule has 35 heavy (non-hydrogen) atoms. The summed E-state index contributed by atoms with van der Waals surface area (Å²) in [6.07, 6.45) is -3.42. The van der Waals surface area contributed by atoms with Gasteiger partial charge in [-0.25, -0.2) is 0 Å². The smallest absolute Gasteiger partial charge is 0.507 e. The average molecular weight is 484 g/mol. The van der Waals surface area contributed by atoms with Gasteiger partial charge in [0.25, 0.3) is 11.7 Å². The molecule has 1 fully saturated rings. The number of Topliss-reactive ketones (excluding diaryl/α,β-unsaturated/α-hetero) is 1. The van der Waals surface area contributed by atoms with Crippen LogP contribution in [-0.2, 0) is 9.59 Å². The van der Waals surface area contributed by atoms with Gasteiger partial charge in [0.2, 0.25) is 0 Å². The highest BCUT2D eigenvalue weighted by molar-refractivity contribution is 6.51. The van der Waals surface area contributed by atoms with Crippen molar-refractivity contribution in [1.29, 1.82) is 0 Å². The predicted molar refractivity (Wildman–Crippen MR) is 120 cm³/mol. The fourth-order valence-electron chi connectivity index (χ4n) is 3.78. The maximum atomic E-state index is 13.1. The predicted octanol–water partition coefficient (Wildman–Crippen LogP) is 5.01. The van der Waals surface area contributed by atoms with Gasteiger partial charge in [0.1, 0.15) is 23.3 Å². The second-order valence-electron chi connectivity index (χ2n) is 7.43. The largest absolute Gasteiger partial charge is 0.573 e. The summed E-state index contributed by atoms with van der Waals surface area (Å²) in [5, 5.41) is 11.1. The summed E-state index contributed by atoms with van der Waals surface area (Å²) in [5.41, 5.74) is 0.450. The number of hydrogen-bond acceptors (Lipinski definition) is 6.